The second-order valence-electron chi connectivity index (χ2n) is 3.46. The second-order valence-corrected chi connectivity index (χ2v) is 4.41. The van der Waals surface area contributed by atoms with Gasteiger partial charge in [-0.15, -0.1) is 21.5 Å². The summed E-state index contributed by atoms with van der Waals surface area (Å²) >= 11 is 1.55. The molecule has 0 aromatic carbocycles. The van der Waals surface area contributed by atoms with Gasteiger partial charge in [-0.3, -0.25) is 4.68 Å². The van der Waals surface area contributed by atoms with E-state index in [0.29, 0.717) is 23.2 Å². The maximum absolute atomic E-state index is 5.79. The van der Waals surface area contributed by atoms with Crippen molar-refractivity contribution in [2.24, 2.45) is 7.05 Å². The van der Waals surface area contributed by atoms with Crippen LogP contribution in [0.25, 0.3) is 22.4 Å². The van der Waals surface area contributed by atoms with E-state index in [1.54, 1.807) is 29.3 Å². The monoisotopic (exact) mass is 247 g/mol. The van der Waals surface area contributed by atoms with Gasteiger partial charge in [0.2, 0.25) is 0 Å². The van der Waals surface area contributed by atoms with Gasteiger partial charge in [0, 0.05) is 7.05 Å². The lowest BCUT2D eigenvalue weighted by Gasteiger charge is -1.96. The number of thiophene rings is 1. The first kappa shape index (κ1) is 10.0. The van der Waals surface area contributed by atoms with E-state index < -0.39 is 0 Å². The summed E-state index contributed by atoms with van der Waals surface area (Å²) in [6.45, 7) is 0. The average Bonchev–Trinajstić information content (AvgIpc) is 2.98. The Balaban J connectivity index is 2.07. The van der Waals surface area contributed by atoms with E-state index in [4.69, 9.17) is 10.2 Å². The van der Waals surface area contributed by atoms with Crippen LogP contribution in [0.15, 0.2) is 28.1 Å². The minimum atomic E-state index is 0.380. The van der Waals surface area contributed by atoms with Gasteiger partial charge in [0.25, 0.3) is 11.8 Å². The molecule has 2 N–H and O–H groups in total. The molecule has 7 heteroatoms. The van der Waals surface area contributed by atoms with Gasteiger partial charge in [0.1, 0.15) is 5.69 Å². The number of nitrogens with zero attached hydrogens (tertiary/aromatic N) is 4. The summed E-state index contributed by atoms with van der Waals surface area (Å²) in [5.74, 6) is 0.876. The molecule has 0 aliphatic heterocycles. The predicted octanol–water partition coefficient (Wildman–Crippen LogP) is 1.78. The number of nitrogen functional groups attached to an aromatic ring is 1. The third kappa shape index (κ3) is 1.60. The Bertz CT molecular complexity index is 620. The summed E-state index contributed by atoms with van der Waals surface area (Å²) in [6, 6.07) is 3.86. The molecule has 6 nitrogen and oxygen atoms in total. The first-order chi connectivity index (χ1) is 8.25. The van der Waals surface area contributed by atoms with E-state index in [1.807, 2.05) is 17.5 Å². The standard InChI is InChI=1S/C10H9N5OS/c1-15-8(6(11)5-12-15)10-14-13-9(16-10)7-3-2-4-17-7/h2-5H,11H2,1H3. The van der Waals surface area contributed by atoms with Crippen LogP contribution in [0.5, 0.6) is 0 Å². The van der Waals surface area contributed by atoms with Crippen molar-refractivity contribution in [2.75, 3.05) is 5.73 Å². The molecule has 17 heavy (non-hydrogen) atoms. The fourth-order valence-corrected chi connectivity index (χ4v) is 2.18. The van der Waals surface area contributed by atoms with Crippen LogP contribution in [0.1, 0.15) is 0 Å². The minimum absolute atomic E-state index is 0.380. The molecule has 0 aliphatic carbocycles. The van der Waals surface area contributed by atoms with Gasteiger partial charge in [0.05, 0.1) is 16.8 Å². The lowest BCUT2D eigenvalue weighted by Crippen LogP contribution is -1.95. The van der Waals surface area contributed by atoms with E-state index in [-0.39, 0.29) is 0 Å². The number of anilines is 1. The molecule has 0 spiro atoms. The van der Waals surface area contributed by atoms with Gasteiger partial charge in [-0.2, -0.15) is 5.10 Å². The van der Waals surface area contributed by atoms with Crippen molar-refractivity contribution in [1.82, 2.24) is 20.0 Å². The molecule has 3 aromatic heterocycles. The van der Waals surface area contributed by atoms with Crippen molar-refractivity contribution in [1.29, 1.82) is 0 Å². The zero-order chi connectivity index (χ0) is 11.8. The van der Waals surface area contributed by atoms with Gasteiger partial charge < -0.3 is 10.2 Å². The van der Waals surface area contributed by atoms with Crippen molar-refractivity contribution in [3.05, 3.63) is 23.7 Å². The molecule has 0 radical (unpaired) electrons. The molecule has 0 unspecified atom stereocenters. The Morgan fingerprint density at radius 1 is 1.35 bits per heavy atom. The molecular weight excluding hydrogens is 238 g/mol. The number of aryl methyl sites for hydroxylation is 1. The number of aromatic nitrogens is 4. The normalized spacial score (nSPS) is 10.9. The highest BCUT2D eigenvalue weighted by molar-refractivity contribution is 7.13. The first-order valence-electron chi connectivity index (χ1n) is 4.91. The Morgan fingerprint density at radius 3 is 2.82 bits per heavy atom. The summed E-state index contributed by atoms with van der Waals surface area (Å²) in [5, 5.41) is 14.0. The van der Waals surface area contributed by atoms with Crippen molar-refractivity contribution in [3.8, 4) is 22.4 Å². The van der Waals surface area contributed by atoms with Crippen LogP contribution in [0, 0.1) is 0 Å². The first-order valence-corrected chi connectivity index (χ1v) is 5.79. The van der Waals surface area contributed by atoms with Crippen LogP contribution in [0.3, 0.4) is 0 Å². The highest BCUT2D eigenvalue weighted by Crippen LogP contribution is 2.28. The van der Waals surface area contributed by atoms with Gasteiger partial charge in [-0.1, -0.05) is 6.07 Å². The molecule has 3 rings (SSSR count). The molecule has 86 valence electrons. The lowest BCUT2D eigenvalue weighted by molar-refractivity contribution is 0.576. The fourth-order valence-electron chi connectivity index (χ4n) is 1.54. The smallest absolute Gasteiger partial charge is 0.268 e. The summed E-state index contributed by atoms with van der Waals surface area (Å²) in [6.07, 6.45) is 1.56. The van der Waals surface area contributed by atoms with Crippen LogP contribution in [0.4, 0.5) is 5.69 Å². The summed E-state index contributed by atoms with van der Waals surface area (Å²) in [4.78, 5) is 0.935. The Hall–Kier alpha value is -2.15. The second kappa shape index (κ2) is 3.70. The Labute approximate surface area is 101 Å². The van der Waals surface area contributed by atoms with Crippen molar-refractivity contribution in [2.45, 2.75) is 0 Å². The van der Waals surface area contributed by atoms with Crippen molar-refractivity contribution >= 4 is 17.0 Å². The quantitative estimate of drug-likeness (QED) is 0.746. The fraction of sp³-hybridized carbons (Fsp3) is 0.100. The van der Waals surface area contributed by atoms with Gasteiger partial charge in [0.15, 0.2) is 0 Å². The zero-order valence-electron chi connectivity index (χ0n) is 8.99. The van der Waals surface area contributed by atoms with Crippen molar-refractivity contribution in [3.63, 3.8) is 0 Å². The Morgan fingerprint density at radius 2 is 2.18 bits per heavy atom. The molecule has 3 aromatic rings. The minimum Gasteiger partial charge on any atom is -0.414 e. The third-order valence-electron chi connectivity index (χ3n) is 2.33. The zero-order valence-corrected chi connectivity index (χ0v) is 9.81. The maximum atomic E-state index is 5.79. The summed E-state index contributed by atoms with van der Waals surface area (Å²) in [5.41, 5.74) is 6.95. The molecule has 0 amide bonds. The third-order valence-corrected chi connectivity index (χ3v) is 3.18. The predicted molar refractivity (Wildman–Crippen MR) is 64.2 cm³/mol. The van der Waals surface area contributed by atoms with Gasteiger partial charge in [-0.05, 0) is 11.4 Å². The van der Waals surface area contributed by atoms with Crippen LogP contribution >= 0.6 is 11.3 Å². The van der Waals surface area contributed by atoms with E-state index in [1.165, 1.54) is 0 Å². The van der Waals surface area contributed by atoms with E-state index >= 15 is 0 Å². The van der Waals surface area contributed by atoms with Gasteiger partial charge >= 0.3 is 0 Å². The summed E-state index contributed by atoms with van der Waals surface area (Å²) < 4.78 is 7.19. The number of nitrogens with two attached hydrogens (primary N) is 1. The maximum Gasteiger partial charge on any atom is 0.268 e. The molecule has 0 saturated carbocycles. The van der Waals surface area contributed by atoms with E-state index in [9.17, 15) is 0 Å². The highest BCUT2D eigenvalue weighted by atomic mass is 32.1. The molecule has 0 atom stereocenters. The molecular formula is C10H9N5OS. The van der Waals surface area contributed by atoms with Crippen LogP contribution < -0.4 is 5.73 Å². The number of hydrogen-bond donors (Lipinski definition) is 1. The molecule has 0 fully saturated rings. The topological polar surface area (TPSA) is 82.8 Å². The van der Waals surface area contributed by atoms with Crippen LogP contribution in [-0.2, 0) is 7.05 Å². The SMILES string of the molecule is Cn1ncc(N)c1-c1nnc(-c2cccs2)o1. The largest absolute Gasteiger partial charge is 0.414 e. The average molecular weight is 247 g/mol. The molecule has 0 bridgehead atoms. The highest BCUT2D eigenvalue weighted by Gasteiger charge is 2.16. The molecule has 0 aliphatic rings. The van der Waals surface area contributed by atoms with Crippen molar-refractivity contribution < 1.29 is 4.42 Å². The lowest BCUT2D eigenvalue weighted by atomic mass is 10.4. The van der Waals surface area contributed by atoms with E-state index in [2.05, 4.69) is 15.3 Å². The molecule has 3 heterocycles. The van der Waals surface area contributed by atoms with E-state index in [0.717, 1.165) is 4.88 Å². The van der Waals surface area contributed by atoms with Crippen LogP contribution in [-0.4, -0.2) is 20.0 Å². The van der Waals surface area contributed by atoms with Crippen LogP contribution in [0.2, 0.25) is 0 Å². The number of hydrogen-bond acceptors (Lipinski definition) is 6. The van der Waals surface area contributed by atoms with Gasteiger partial charge in [-0.25, -0.2) is 0 Å². The number of rotatable bonds is 2. The summed E-state index contributed by atoms with van der Waals surface area (Å²) in [7, 11) is 1.78. The molecule has 0 saturated heterocycles. The Kier molecular flexibility index (Phi) is 2.19.